The molecule has 0 aliphatic rings. The van der Waals surface area contributed by atoms with Gasteiger partial charge >= 0.3 is 11.6 Å². The fourth-order valence-electron chi connectivity index (χ4n) is 3.21. The van der Waals surface area contributed by atoms with Crippen LogP contribution in [-0.4, -0.2) is 11.0 Å². The first-order valence-corrected chi connectivity index (χ1v) is 10.4. The van der Waals surface area contributed by atoms with E-state index in [1.165, 1.54) is 29.5 Å². The molecule has 7 heteroatoms. The van der Waals surface area contributed by atoms with Gasteiger partial charge < -0.3 is 9.15 Å². The zero-order chi connectivity index (χ0) is 21.1. The predicted molar refractivity (Wildman–Crippen MR) is 113 cm³/mol. The smallest absolute Gasteiger partial charge is 0.336 e. The first-order valence-electron chi connectivity index (χ1n) is 9.49. The molecule has 0 saturated heterocycles. The van der Waals surface area contributed by atoms with Gasteiger partial charge in [0, 0.05) is 28.5 Å². The summed E-state index contributed by atoms with van der Waals surface area (Å²) in [5.41, 5.74) is 2.07. The first-order chi connectivity index (χ1) is 14.5. The van der Waals surface area contributed by atoms with E-state index < -0.39 is 11.6 Å². The van der Waals surface area contributed by atoms with E-state index in [9.17, 15) is 14.0 Å². The van der Waals surface area contributed by atoms with Gasteiger partial charge in [0.05, 0.1) is 12.1 Å². The van der Waals surface area contributed by atoms with Gasteiger partial charge in [0.1, 0.15) is 22.2 Å². The second-order valence-electron chi connectivity index (χ2n) is 6.80. The third-order valence-corrected chi connectivity index (χ3v) is 5.44. The Kier molecular flexibility index (Phi) is 5.72. The van der Waals surface area contributed by atoms with Crippen LogP contribution in [0.15, 0.2) is 63.1 Å². The van der Waals surface area contributed by atoms with E-state index in [-0.39, 0.29) is 12.2 Å². The summed E-state index contributed by atoms with van der Waals surface area (Å²) in [6.45, 7) is 2.04. The van der Waals surface area contributed by atoms with Gasteiger partial charge in [-0.3, -0.25) is 4.79 Å². The molecule has 0 aliphatic carbocycles. The van der Waals surface area contributed by atoms with Crippen LogP contribution in [0.3, 0.4) is 0 Å². The molecule has 0 saturated carbocycles. The van der Waals surface area contributed by atoms with Crippen molar-refractivity contribution in [3.05, 3.63) is 81.4 Å². The zero-order valence-electron chi connectivity index (χ0n) is 16.2. The Labute approximate surface area is 175 Å². The summed E-state index contributed by atoms with van der Waals surface area (Å²) in [6, 6.07) is 12.7. The number of ether oxygens (including phenoxy) is 1. The summed E-state index contributed by atoms with van der Waals surface area (Å²) in [5.74, 6) is -0.531. The van der Waals surface area contributed by atoms with Gasteiger partial charge in [-0.1, -0.05) is 25.5 Å². The monoisotopic (exact) mass is 423 g/mol. The molecule has 0 spiro atoms. The topological polar surface area (TPSA) is 69.4 Å². The summed E-state index contributed by atoms with van der Waals surface area (Å²) in [4.78, 5) is 28.5. The number of aromatic nitrogens is 1. The predicted octanol–water partition coefficient (Wildman–Crippen LogP) is 5.16. The number of thiazole rings is 1. The number of aryl methyl sites for hydroxylation is 1. The highest BCUT2D eigenvalue weighted by molar-refractivity contribution is 7.13. The molecular formula is C23H18FNO4S. The van der Waals surface area contributed by atoms with Crippen molar-refractivity contribution >= 4 is 28.3 Å². The van der Waals surface area contributed by atoms with Crippen molar-refractivity contribution in [2.45, 2.75) is 26.2 Å². The van der Waals surface area contributed by atoms with Crippen molar-refractivity contribution in [3.8, 4) is 16.3 Å². The standard InChI is InChI=1S/C23H18FNO4S/c1-2-4-14-10-21(26)29-20-12-18(7-8-19(14)20)28-22(27)11-17-13-30-23(25-17)15-5-3-6-16(24)9-15/h3,5-10,12-13H,2,4,11H2,1H3. The Balaban J connectivity index is 1.49. The molecule has 0 N–H and O–H groups in total. The van der Waals surface area contributed by atoms with Crippen LogP contribution in [0.4, 0.5) is 4.39 Å². The van der Waals surface area contributed by atoms with Gasteiger partial charge in [0.25, 0.3) is 0 Å². The normalized spacial score (nSPS) is 11.0. The molecule has 0 amide bonds. The highest BCUT2D eigenvalue weighted by Gasteiger charge is 2.13. The summed E-state index contributed by atoms with van der Waals surface area (Å²) in [5, 5.41) is 3.21. The van der Waals surface area contributed by atoms with Crippen LogP contribution in [0.25, 0.3) is 21.5 Å². The molecule has 0 bridgehead atoms. The van der Waals surface area contributed by atoms with Crippen LogP contribution in [0.2, 0.25) is 0 Å². The molecule has 2 heterocycles. The van der Waals surface area contributed by atoms with Gasteiger partial charge in [-0.05, 0) is 36.2 Å². The maximum Gasteiger partial charge on any atom is 0.336 e. The van der Waals surface area contributed by atoms with Crippen molar-refractivity contribution in [2.75, 3.05) is 0 Å². The Bertz CT molecular complexity index is 1280. The molecule has 152 valence electrons. The van der Waals surface area contributed by atoms with E-state index in [1.54, 1.807) is 35.7 Å². The zero-order valence-corrected chi connectivity index (χ0v) is 17.0. The number of carbonyl (C=O) groups is 1. The van der Waals surface area contributed by atoms with Crippen LogP contribution in [0.1, 0.15) is 24.6 Å². The number of halogens is 1. The number of benzene rings is 2. The number of hydrogen-bond acceptors (Lipinski definition) is 6. The van der Waals surface area contributed by atoms with E-state index >= 15 is 0 Å². The molecule has 4 aromatic rings. The molecule has 0 atom stereocenters. The first kappa shape index (κ1) is 20.0. The van der Waals surface area contributed by atoms with Crippen LogP contribution in [0.5, 0.6) is 5.75 Å². The highest BCUT2D eigenvalue weighted by Crippen LogP contribution is 2.26. The van der Waals surface area contributed by atoms with Gasteiger partial charge in [-0.2, -0.15) is 0 Å². The Morgan fingerprint density at radius 3 is 2.87 bits per heavy atom. The van der Waals surface area contributed by atoms with Crippen molar-refractivity contribution < 1.29 is 18.3 Å². The van der Waals surface area contributed by atoms with Gasteiger partial charge in [-0.15, -0.1) is 11.3 Å². The molecule has 30 heavy (non-hydrogen) atoms. The molecule has 4 rings (SSSR count). The second kappa shape index (κ2) is 8.59. The fourth-order valence-corrected chi connectivity index (χ4v) is 4.02. The third kappa shape index (κ3) is 4.46. The number of nitrogens with zero attached hydrogens (tertiary/aromatic N) is 1. The fraction of sp³-hybridized carbons (Fsp3) is 0.174. The molecule has 0 aliphatic heterocycles. The van der Waals surface area contributed by atoms with Crippen molar-refractivity contribution in [3.63, 3.8) is 0 Å². The van der Waals surface area contributed by atoms with Crippen molar-refractivity contribution in [2.24, 2.45) is 0 Å². The number of hydrogen-bond donors (Lipinski definition) is 0. The Morgan fingerprint density at radius 2 is 2.07 bits per heavy atom. The van der Waals surface area contributed by atoms with E-state index in [2.05, 4.69) is 4.98 Å². The Morgan fingerprint density at radius 1 is 1.20 bits per heavy atom. The van der Waals surface area contributed by atoms with Crippen LogP contribution < -0.4 is 10.4 Å². The minimum atomic E-state index is -0.488. The van der Waals surface area contributed by atoms with Gasteiger partial charge in [0.2, 0.25) is 0 Å². The molecule has 2 aromatic carbocycles. The quantitative estimate of drug-likeness (QED) is 0.244. The lowest BCUT2D eigenvalue weighted by Gasteiger charge is -2.07. The number of carbonyl (C=O) groups excluding carboxylic acids is 1. The van der Waals surface area contributed by atoms with Crippen LogP contribution in [-0.2, 0) is 17.6 Å². The van der Waals surface area contributed by atoms with E-state index in [0.717, 1.165) is 23.8 Å². The SMILES string of the molecule is CCCc1cc(=O)oc2cc(OC(=O)Cc3csc(-c4cccc(F)c4)n3)ccc12. The largest absolute Gasteiger partial charge is 0.426 e. The van der Waals surface area contributed by atoms with E-state index in [4.69, 9.17) is 9.15 Å². The minimum absolute atomic E-state index is 0.0241. The lowest BCUT2D eigenvalue weighted by Crippen LogP contribution is -2.11. The molecule has 0 unspecified atom stereocenters. The third-order valence-electron chi connectivity index (χ3n) is 4.50. The molecule has 0 fully saturated rings. The summed E-state index contributed by atoms with van der Waals surface area (Å²) in [7, 11) is 0. The average molecular weight is 423 g/mol. The van der Waals surface area contributed by atoms with E-state index in [1.807, 2.05) is 6.92 Å². The molecule has 2 aromatic heterocycles. The van der Waals surface area contributed by atoms with E-state index in [0.29, 0.717) is 27.6 Å². The maximum atomic E-state index is 13.4. The van der Waals surface area contributed by atoms with Gasteiger partial charge in [0.15, 0.2) is 0 Å². The second-order valence-corrected chi connectivity index (χ2v) is 7.66. The number of esters is 1. The Hall–Kier alpha value is -3.32. The average Bonchev–Trinajstić information content (AvgIpc) is 3.16. The van der Waals surface area contributed by atoms with Crippen molar-refractivity contribution in [1.29, 1.82) is 0 Å². The number of rotatable bonds is 6. The lowest BCUT2D eigenvalue weighted by atomic mass is 10.1. The molecular weight excluding hydrogens is 405 g/mol. The lowest BCUT2D eigenvalue weighted by molar-refractivity contribution is -0.133. The number of fused-ring (bicyclic) bond motifs is 1. The van der Waals surface area contributed by atoms with Crippen LogP contribution in [0, 0.1) is 5.82 Å². The highest BCUT2D eigenvalue weighted by atomic mass is 32.1. The minimum Gasteiger partial charge on any atom is -0.426 e. The molecule has 0 radical (unpaired) electrons. The maximum absolute atomic E-state index is 13.4. The molecule has 5 nitrogen and oxygen atoms in total. The van der Waals surface area contributed by atoms with Gasteiger partial charge in [-0.25, -0.2) is 14.2 Å². The van der Waals surface area contributed by atoms with Crippen LogP contribution >= 0.6 is 11.3 Å². The summed E-state index contributed by atoms with van der Waals surface area (Å²) < 4.78 is 24.1. The summed E-state index contributed by atoms with van der Waals surface area (Å²) >= 11 is 1.33. The summed E-state index contributed by atoms with van der Waals surface area (Å²) in [6.07, 6.45) is 1.64. The van der Waals surface area contributed by atoms with Crippen molar-refractivity contribution in [1.82, 2.24) is 4.98 Å².